The van der Waals surface area contributed by atoms with E-state index in [9.17, 15) is 14.7 Å². The smallest absolute Gasteiger partial charge is 0.295 e. The number of benzene rings is 2. The van der Waals surface area contributed by atoms with Gasteiger partial charge in [-0.05, 0) is 30.2 Å². The minimum absolute atomic E-state index is 0.0980. The Morgan fingerprint density at radius 2 is 1.57 bits per heavy atom. The number of rotatable bonds is 10. The van der Waals surface area contributed by atoms with Crippen LogP contribution in [0.4, 0.5) is 0 Å². The van der Waals surface area contributed by atoms with E-state index in [1.807, 2.05) is 0 Å². The number of halogens is 1. The highest BCUT2D eigenvalue weighted by molar-refractivity contribution is 6.46. The van der Waals surface area contributed by atoms with Gasteiger partial charge in [0.15, 0.2) is 11.5 Å². The van der Waals surface area contributed by atoms with Crippen LogP contribution in [0.3, 0.4) is 0 Å². The Morgan fingerprint density at radius 1 is 0.914 bits per heavy atom. The lowest BCUT2D eigenvalue weighted by Crippen LogP contribution is -2.31. The largest absolute Gasteiger partial charge is 0.507 e. The van der Waals surface area contributed by atoms with Gasteiger partial charge in [0.05, 0.1) is 50.6 Å². The van der Waals surface area contributed by atoms with Gasteiger partial charge in [-0.15, -0.1) is 0 Å². The van der Waals surface area contributed by atoms with E-state index in [0.717, 1.165) is 0 Å². The van der Waals surface area contributed by atoms with Crippen LogP contribution in [-0.2, 0) is 14.3 Å². The average Bonchev–Trinajstić information content (AvgIpc) is 3.12. The molecule has 2 aromatic carbocycles. The normalized spacial score (nSPS) is 17.0. The second-order valence-electron chi connectivity index (χ2n) is 7.64. The summed E-state index contributed by atoms with van der Waals surface area (Å²) >= 11 is 6.29. The summed E-state index contributed by atoms with van der Waals surface area (Å²) in [5.41, 5.74) is 0.609. The highest BCUT2D eigenvalue weighted by Crippen LogP contribution is 2.44. The van der Waals surface area contributed by atoms with Crippen LogP contribution in [-0.4, -0.2) is 70.4 Å². The number of aliphatic hydroxyl groups is 1. The number of nitrogens with zero attached hydrogens (tertiary/aromatic N) is 1. The molecule has 1 fully saturated rings. The standard InChI is InChI=1S/C25H28ClNO8/c1-31-10-6-9-27-22(14-7-8-17(32-2)20(11-14)35-5)21(24(29)25(27)30)23(28)15-12-16(26)19(34-4)13-18(15)33-3/h7-8,11-13,22,28H,6,9-10H2,1-5H3/b23-21+. The van der Waals surface area contributed by atoms with Gasteiger partial charge in [-0.1, -0.05) is 17.7 Å². The third-order valence-electron chi connectivity index (χ3n) is 5.74. The van der Waals surface area contributed by atoms with E-state index in [4.69, 9.17) is 35.3 Å². The van der Waals surface area contributed by atoms with Crippen molar-refractivity contribution < 1.29 is 38.4 Å². The number of aliphatic hydroxyl groups excluding tert-OH is 1. The molecule has 1 heterocycles. The van der Waals surface area contributed by atoms with Crippen molar-refractivity contribution >= 4 is 29.1 Å². The molecule has 2 aromatic rings. The van der Waals surface area contributed by atoms with Gasteiger partial charge in [0, 0.05) is 26.3 Å². The summed E-state index contributed by atoms with van der Waals surface area (Å²) in [6.07, 6.45) is 0.491. The molecule has 9 nitrogen and oxygen atoms in total. The molecule has 3 rings (SSSR count). The molecule has 1 atom stereocenters. The van der Waals surface area contributed by atoms with Crippen LogP contribution in [0.15, 0.2) is 35.9 Å². The number of amides is 1. The van der Waals surface area contributed by atoms with Crippen LogP contribution in [0.2, 0.25) is 5.02 Å². The van der Waals surface area contributed by atoms with Crippen molar-refractivity contribution in [3.05, 3.63) is 52.1 Å². The van der Waals surface area contributed by atoms with E-state index in [0.29, 0.717) is 35.8 Å². The molecule has 188 valence electrons. The maximum absolute atomic E-state index is 13.2. The van der Waals surface area contributed by atoms with E-state index in [2.05, 4.69) is 0 Å². The fourth-order valence-electron chi connectivity index (χ4n) is 4.05. The lowest BCUT2D eigenvalue weighted by Gasteiger charge is -2.26. The Morgan fingerprint density at radius 3 is 2.17 bits per heavy atom. The van der Waals surface area contributed by atoms with Crippen molar-refractivity contribution in [3.8, 4) is 23.0 Å². The SMILES string of the molecule is COCCCN1C(=O)C(=O)/C(=C(/O)c2cc(Cl)c(OC)cc2OC)C1c1ccc(OC)c(OC)c1. The first-order valence-electron chi connectivity index (χ1n) is 10.7. The van der Waals surface area contributed by atoms with Crippen molar-refractivity contribution in [2.75, 3.05) is 48.7 Å². The quantitative estimate of drug-likeness (QED) is 0.225. The molecule has 1 aliphatic heterocycles. The first kappa shape index (κ1) is 26.2. The molecule has 0 spiro atoms. The minimum Gasteiger partial charge on any atom is -0.507 e. The Bertz CT molecular complexity index is 1150. The Kier molecular flexibility index (Phi) is 8.48. The van der Waals surface area contributed by atoms with Crippen LogP contribution < -0.4 is 18.9 Å². The number of carbonyl (C=O) groups is 2. The number of hydrogen-bond acceptors (Lipinski definition) is 8. The van der Waals surface area contributed by atoms with Crippen LogP contribution >= 0.6 is 11.6 Å². The number of methoxy groups -OCH3 is 5. The highest BCUT2D eigenvalue weighted by atomic mass is 35.5. The number of hydrogen-bond donors (Lipinski definition) is 1. The molecule has 0 saturated carbocycles. The van der Waals surface area contributed by atoms with Gasteiger partial charge in [-0.25, -0.2) is 0 Å². The fourth-order valence-corrected chi connectivity index (χ4v) is 4.29. The van der Waals surface area contributed by atoms with Gasteiger partial charge in [-0.3, -0.25) is 9.59 Å². The van der Waals surface area contributed by atoms with Crippen molar-refractivity contribution in [1.82, 2.24) is 4.90 Å². The Labute approximate surface area is 208 Å². The summed E-state index contributed by atoms with van der Waals surface area (Å²) in [5, 5.41) is 11.6. The molecule has 0 aliphatic carbocycles. The Hall–Kier alpha value is -3.43. The third kappa shape index (κ3) is 5.01. The zero-order chi connectivity index (χ0) is 25.7. The number of carbonyl (C=O) groups excluding carboxylic acids is 2. The van der Waals surface area contributed by atoms with E-state index >= 15 is 0 Å². The molecule has 0 aromatic heterocycles. The van der Waals surface area contributed by atoms with Crippen molar-refractivity contribution in [2.24, 2.45) is 0 Å². The van der Waals surface area contributed by atoms with Crippen LogP contribution in [0.25, 0.3) is 5.76 Å². The summed E-state index contributed by atoms with van der Waals surface area (Å²) in [7, 11) is 7.41. The number of ketones is 1. The summed E-state index contributed by atoms with van der Waals surface area (Å²) in [5.74, 6) is -0.529. The monoisotopic (exact) mass is 505 g/mol. The zero-order valence-corrected chi connectivity index (χ0v) is 21.0. The van der Waals surface area contributed by atoms with Crippen molar-refractivity contribution in [1.29, 1.82) is 0 Å². The van der Waals surface area contributed by atoms with Crippen molar-refractivity contribution in [2.45, 2.75) is 12.5 Å². The second kappa shape index (κ2) is 11.3. The van der Waals surface area contributed by atoms with Gasteiger partial charge in [-0.2, -0.15) is 0 Å². The summed E-state index contributed by atoms with van der Waals surface area (Å²) in [6.45, 7) is 0.623. The lowest BCUT2D eigenvalue weighted by molar-refractivity contribution is -0.140. The summed E-state index contributed by atoms with van der Waals surface area (Å²) in [4.78, 5) is 27.7. The molecule has 0 bridgehead atoms. The highest BCUT2D eigenvalue weighted by Gasteiger charge is 2.46. The number of Topliss-reactive ketones (excluding diaryl/α,β-unsaturated/α-hetero) is 1. The van der Waals surface area contributed by atoms with Crippen LogP contribution in [0.1, 0.15) is 23.6 Å². The average molecular weight is 506 g/mol. The first-order chi connectivity index (χ1) is 16.8. The number of ether oxygens (including phenoxy) is 5. The summed E-state index contributed by atoms with van der Waals surface area (Å²) < 4.78 is 26.5. The fraction of sp³-hybridized carbons (Fsp3) is 0.360. The molecule has 35 heavy (non-hydrogen) atoms. The molecule has 1 aliphatic rings. The maximum Gasteiger partial charge on any atom is 0.295 e. The molecule has 10 heteroatoms. The molecule has 1 N–H and O–H groups in total. The summed E-state index contributed by atoms with van der Waals surface area (Å²) in [6, 6.07) is 7.10. The molecule has 1 saturated heterocycles. The van der Waals surface area contributed by atoms with E-state index < -0.39 is 23.5 Å². The predicted octanol–water partition coefficient (Wildman–Crippen LogP) is 3.83. The van der Waals surface area contributed by atoms with Crippen LogP contribution in [0.5, 0.6) is 23.0 Å². The Balaban J connectivity index is 2.24. The minimum atomic E-state index is -0.891. The molecule has 1 unspecified atom stereocenters. The molecule has 1 amide bonds. The van der Waals surface area contributed by atoms with Gasteiger partial charge in [0.2, 0.25) is 0 Å². The van der Waals surface area contributed by atoms with Gasteiger partial charge >= 0.3 is 0 Å². The number of likely N-dealkylation sites (tertiary alicyclic amines) is 1. The zero-order valence-electron chi connectivity index (χ0n) is 20.2. The first-order valence-corrected chi connectivity index (χ1v) is 11.1. The van der Waals surface area contributed by atoms with Gasteiger partial charge < -0.3 is 33.7 Å². The van der Waals surface area contributed by atoms with Crippen LogP contribution in [0, 0.1) is 0 Å². The topological polar surface area (TPSA) is 104 Å². The maximum atomic E-state index is 13.2. The second-order valence-corrected chi connectivity index (χ2v) is 8.05. The van der Waals surface area contributed by atoms with Gasteiger partial charge in [0.25, 0.3) is 11.7 Å². The predicted molar refractivity (Wildman–Crippen MR) is 130 cm³/mol. The van der Waals surface area contributed by atoms with Gasteiger partial charge in [0.1, 0.15) is 17.3 Å². The van der Waals surface area contributed by atoms with Crippen molar-refractivity contribution in [3.63, 3.8) is 0 Å². The molecular formula is C25H28ClNO8. The van der Waals surface area contributed by atoms with E-state index in [1.165, 1.54) is 45.5 Å². The third-order valence-corrected chi connectivity index (χ3v) is 6.04. The molecule has 0 radical (unpaired) electrons. The van der Waals surface area contributed by atoms with E-state index in [1.54, 1.807) is 25.3 Å². The van der Waals surface area contributed by atoms with E-state index in [-0.39, 0.29) is 28.5 Å². The molecular weight excluding hydrogens is 478 g/mol. The lowest BCUT2D eigenvalue weighted by atomic mass is 9.94.